The number of benzene rings is 1. The third-order valence-electron chi connectivity index (χ3n) is 2.99. The van der Waals surface area contributed by atoms with E-state index in [0.29, 0.717) is 18.3 Å². The van der Waals surface area contributed by atoms with Crippen LogP contribution in [0.3, 0.4) is 0 Å². The van der Waals surface area contributed by atoms with Crippen molar-refractivity contribution in [1.82, 2.24) is 14.8 Å². The smallest absolute Gasteiger partial charge is 0.236 e. The van der Waals surface area contributed by atoms with Crippen LogP contribution in [0.2, 0.25) is 0 Å². The Hall–Kier alpha value is -2.30. The molecule has 0 fully saturated rings. The molecule has 0 N–H and O–H groups in total. The molecule has 0 spiro atoms. The van der Waals surface area contributed by atoms with Crippen molar-refractivity contribution in [2.75, 3.05) is 0 Å². The Kier molecular flexibility index (Phi) is 3.18. The minimum atomic E-state index is 0.177. The first-order chi connectivity index (χ1) is 9.61. The predicted octanol–water partition coefficient (Wildman–Crippen LogP) is 3.17. The minimum absolute atomic E-state index is 0.177. The van der Waals surface area contributed by atoms with Crippen LogP contribution in [0.5, 0.6) is 5.75 Å². The van der Waals surface area contributed by atoms with E-state index in [-0.39, 0.29) is 6.10 Å². The molecular formula is C15H17N3O2. The molecule has 0 atom stereocenters. The summed E-state index contributed by atoms with van der Waals surface area (Å²) in [6.45, 7) is 6.41. The molecule has 0 aliphatic carbocycles. The predicted molar refractivity (Wildman–Crippen MR) is 75.8 cm³/mol. The van der Waals surface area contributed by atoms with Gasteiger partial charge in [0, 0.05) is 24.0 Å². The number of nitrogens with zero attached hydrogens (tertiary/aromatic N) is 3. The van der Waals surface area contributed by atoms with Gasteiger partial charge in [0.15, 0.2) is 0 Å². The maximum atomic E-state index is 5.70. The van der Waals surface area contributed by atoms with Gasteiger partial charge in [0.05, 0.1) is 6.10 Å². The molecule has 2 heterocycles. The summed E-state index contributed by atoms with van der Waals surface area (Å²) < 4.78 is 13.2. The second kappa shape index (κ2) is 5.00. The van der Waals surface area contributed by atoms with Gasteiger partial charge in [-0.05, 0) is 38.1 Å². The van der Waals surface area contributed by atoms with Crippen molar-refractivity contribution in [3.8, 4) is 5.75 Å². The van der Waals surface area contributed by atoms with Crippen molar-refractivity contribution < 1.29 is 9.15 Å². The summed E-state index contributed by atoms with van der Waals surface area (Å²) in [6, 6.07) is 8.14. The van der Waals surface area contributed by atoms with Crippen LogP contribution >= 0.6 is 0 Å². The molecule has 3 aromatic rings. The normalized spacial score (nSPS) is 11.4. The van der Waals surface area contributed by atoms with Crippen molar-refractivity contribution in [1.29, 1.82) is 0 Å². The van der Waals surface area contributed by atoms with Crippen LogP contribution < -0.4 is 4.74 Å². The highest BCUT2D eigenvalue weighted by Gasteiger charge is 2.08. The Labute approximate surface area is 117 Å². The molecule has 0 radical (unpaired) electrons. The van der Waals surface area contributed by atoms with Gasteiger partial charge < -0.3 is 13.7 Å². The maximum absolute atomic E-state index is 5.70. The van der Waals surface area contributed by atoms with E-state index in [1.54, 1.807) is 6.92 Å². The fourth-order valence-corrected chi connectivity index (χ4v) is 2.21. The third kappa shape index (κ3) is 2.52. The highest BCUT2D eigenvalue weighted by molar-refractivity contribution is 5.81. The molecule has 0 saturated carbocycles. The second-order valence-corrected chi connectivity index (χ2v) is 5.05. The van der Waals surface area contributed by atoms with Crippen molar-refractivity contribution in [2.24, 2.45) is 0 Å². The molecule has 20 heavy (non-hydrogen) atoms. The summed E-state index contributed by atoms with van der Waals surface area (Å²) >= 11 is 0. The van der Waals surface area contributed by atoms with E-state index < -0.39 is 0 Å². The molecule has 2 aromatic heterocycles. The molecule has 0 unspecified atom stereocenters. The van der Waals surface area contributed by atoms with E-state index in [1.807, 2.05) is 32.2 Å². The Morgan fingerprint density at radius 3 is 2.80 bits per heavy atom. The molecule has 1 aromatic carbocycles. The number of rotatable bonds is 4. The second-order valence-electron chi connectivity index (χ2n) is 5.05. The Bertz CT molecular complexity index is 728. The molecule has 0 amide bonds. The topological polar surface area (TPSA) is 53.1 Å². The van der Waals surface area contributed by atoms with Gasteiger partial charge in [-0.3, -0.25) is 0 Å². The summed E-state index contributed by atoms with van der Waals surface area (Å²) in [5, 5.41) is 9.00. The van der Waals surface area contributed by atoms with E-state index in [4.69, 9.17) is 9.15 Å². The first kappa shape index (κ1) is 12.7. The SMILES string of the molecule is Cc1nnc(Cn2ccc3cc(OC(C)C)ccc32)o1. The number of hydrogen-bond acceptors (Lipinski definition) is 4. The van der Waals surface area contributed by atoms with Gasteiger partial charge in [-0.25, -0.2) is 0 Å². The Morgan fingerprint density at radius 2 is 2.10 bits per heavy atom. The van der Waals surface area contributed by atoms with Crippen molar-refractivity contribution in [2.45, 2.75) is 33.4 Å². The lowest BCUT2D eigenvalue weighted by Gasteiger charge is -2.09. The molecular weight excluding hydrogens is 254 g/mol. The lowest BCUT2D eigenvalue weighted by molar-refractivity contribution is 0.243. The van der Waals surface area contributed by atoms with Gasteiger partial charge in [-0.1, -0.05) is 0 Å². The molecule has 0 aliphatic rings. The zero-order valence-electron chi connectivity index (χ0n) is 11.8. The molecule has 0 aliphatic heterocycles. The van der Waals surface area contributed by atoms with E-state index in [9.17, 15) is 0 Å². The third-order valence-corrected chi connectivity index (χ3v) is 2.99. The van der Waals surface area contributed by atoms with E-state index in [2.05, 4.69) is 26.9 Å². The monoisotopic (exact) mass is 271 g/mol. The number of aryl methyl sites for hydroxylation is 1. The fraction of sp³-hybridized carbons (Fsp3) is 0.333. The van der Waals surface area contributed by atoms with Crippen LogP contribution in [-0.4, -0.2) is 20.9 Å². The number of ether oxygens (including phenoxy) is 1. The van der Waals surface area contributed by atoms with Crippen LogP contribution in [0, 0.1) is 6.92 Å². The highest BCUT2D eigenvalue weighted by atomic mass is 16.5. The summed E-state index contributed by atoms with van der Waals surface area (Å²) in [6.07, 6.45) is 2.19. The molecule has 104 valence electrons. The first-order valence-electron chi connectivity index (χ1n) is 6.66. The molecule has 5 heteroatoms. The van der Waals surface area contributed by atoms with Crippen LogP contribution in [0.25, 0.3) is 10.9 Å². The van der Waals surface area contributed by atoms with Gasteiger partial charge in [0.1, 0.15) is 12.3 Å². The van der Waals surface area contributed by atoms with Crippen molar-refractivity contribution in [3.05, 3.63) is 42.2 Å². The quantitative estimate of drug-likeness (QED) is 0.731. The molecule has 0 saturated heterocycles. The van der Waals surface area contributed by atoms with Crippen molar-refractivity contribution >= 4 is 10.9 Å². The standard InChI is InChI=1S/C15H17N3O2/c1-10(2)19-13-4-5-14-12(8-13)6-7-18(14)9-15-17-16-11(3)20-15/h4-8,10H,9H2,1-3H3. The molecule has 5 nitrogen and oxygen atoms in total. The lowest BCUT2D eigenvalue weighted by atomic mass is 10.2. The fourth-order valence-electron chi connectivity index (χ4n) is 2.21. The van der Waals surface area contributed by atoms with Gasteiger partial charge >= 0.3 is 0 Å². The lowest BCUT2D eigenvalue weighted by Crippen LogP contribution is -2.05. The largest absolute Gasteiger partial charge is 0.491 e. The zero-order chi connectivity index (χ0) is 14.1. The summed E-state index contributed by atoms with van der Waals surface area (Å²) in [5.74, 6) is 2.09. The minimum Gasteiger partial charge on any atom is -0.491 e. The first-order valence-corrected chi connectivity index (χ1v) is 6.66. The number of aromatic nitrogens is 3. The van der Waals surface area contributed by atoms with Gasteiger partial charge in [0.25, 0.3) is 0 Å². The maximum Gasteiger partial charge on any atom is 0.236 e. The summed E-state index contributed by atoms with van der Waals surface area (Å²) in [5.41, 5.74) is 1.12. The summed E-state index contributed by atoms with van der Waals surface area (Å²) in [7, 11) is 0. The Balaban J connectivity index is 1.89. The van der Waals surface area contributed by atoms with Gasteiger partial charge in [0.2, 0.25) is 11.8 Å². The van der Waals surface area contributed by atoms with Crippen LogP contribution in [0.15, 0.2) is 34.9 Å². The van der Waals surface area contributed by atoms with E-state index >= 15 is 0 Å². The summed E-state index contributed by atoms with van der Waals surface area (Å²) in [4.78, 5) is 0. The average molecular weight is 271 g/mol. The Morgan fingerprint density at radius 1 is 1.25 bits per heavy atom. The van der Waals surface area contributed by atoms with Gasteiger partial charge in [-0.15, -0.1) is 10.2 Å². The van der Waals surface area contributed by atoms with Crippen LogP contribution in [0.4, 0.5) is 0 Å². The highest BCUT2D eigenvalue weighted by Crippen LogP contribution is 2.23. The number of fused-ring (bicyclic) bond motifs is 1. The van der Waals surface area contributed by atoms with Crippen LogP contribution in [0.1, 0.15) is 25.6 Å². The van der Waals surface area contributed by atoms with Gasteiger partial charge in [-0.2, -0.15) is 0 Å². The average Bonchev–Trinajstić information content (AvgIpc) is 2.96. The van der Waals surface area contributed by atoms with E-state index in [0.717, 1.165) is 16.7 Å². The number of hydrogen-bond donors (Lipinski definition) is 0. The van der Waals surface area contributed by atoms with E-state index in [1.165, 1.54) is 0 Å². The zero-order valence-corrected chi connectivity index (χ0v) is 11.8. The van der Waals surface area contributed by atoms with Crippen molar-refractivity contribution in [3.63, 3.8) is 0 Å². The molecule has 3 rings (SSSR count). The molecule has 0 bridgehead atoms. The van der Waals surface area contributed by atoms with Crippen LogP contribution in [-0.2, 0) is 6.54 Å².